The molecule has 0 aromatic heterocycles. The molecule has 0 heterocycles. The van der Waals surface area contributed by atoms with Crippen LogP contribution in [-0.4, -0.2) is 25.6 Å². The minimum Gasteiger partial charge on any atom is -0.495 e. The quantitative estimate of drug-likeness (QED) is 0.776. The number of anilines is 1. The molecule has 1 rings (SSSR count). The minimum atomic E-state index is -0.0291. The Morgan fingerprint density at radius 2 is 2.05 bits per heavy atom. The summed E-state index contributed by atoms with van der Waals surface area (Å²) in [5.41, 5.74) is 0.703. The fourth-order valence-corrected chi connectivity index (χ4v) is 2.94. The molecule has 0 bridgehead atoms. The molecule has 0 aliphatic heterocycles. The standard InChI is InChI=1S/C13H18Br2N2O2/c1-4-16-8(2)5-13(18)17-11-7-12(19-3)10(15)6-9(11)14/h6-8,16H,4-5H2,1-3H3,(H,17,18). The van der Waals surface area contributed by atoms with Gasteiger partial charge in [-0.2, -0.15) is 0 Å². The van der Waals surface area contributed by atoms with Gasteiger partial charge in [-0.1, -0.05) is 6.92 Å². The maximum Gasteiger partial charge on any atom is 0.225 e. The Labute approximate surface area is 130 Å². The maximum absolute atomic E-state index is 11.9. The van der Waals surface area contributed by atoms with Crippen LogP contribution in [0.15, 0.2) is 21.1 Å². The lowest BCUT2D eigenvalue weighted by molar-refractivity contribution is -0.116. The van der Waals surface area contributed by atoms with Crippen molar-refractivity contribution in [3.8, 4) is 5.75 Å². The number of benzene rings is 1. The first-order valence-electron chi connectivity index (χ1n) is 6.04. The van der Waals surface area contributed by atoms with E-state index in [-0.39, 0.29) is 11.9 Å². The Balaban J connectivity index is 2.73. The number of hydrogen-bond donors (Lipinski definition) is 2. The summed E-state index contributed by atoms with van der Waals surface area (Å²) in [5, 5.41) is 6.08. The van der Waals surface area contributed by atoms with Gasteiger partial charge in [-0.25, -0.2) is 0 Å². The van der Waals surface area contributed by atoms with Crippen LogP contribution in [0.1, 0.15) is 20.3 Å². The summed E-state index contributed by atoms with van der Waals surface area (Å²) >= 11 is 6.81. The van der Waals surface area contributed by atoms with Crippen molar-refractivity contribution >= 4 is 43.5 Å². The lowest BCUT2D eigenvalue weighted by Crippen LogP contribution is -2.30. The third-order valence-electron chi connectivity index (χ3n) is 2.56. The summed E-state index contributed by atoms with van der Waals surface area (Å²) < 4.78 is 6.85. The largest absolute Gasteiger partial charge is 0.495 e. The molecule has 0 saturated heterocycles. The van der Waals surface area contributed by atoms with E-state index in [0.29, 0.717) is 17.9 Å². The van der Waals surface area contributed by atoms with Crippen molar-refractivity contribution < 1.29 is 9.53 Å². The van der Waals surface area contributed by atoms with Crippen LogP contribution in [0.25, 0.3) is 0 Å². The highest BCUT2D eigenvalue weighted by Gasteiger charge is 2.12. The van der Waals surface area contributed by atoms with E-state index in [9.17, 15) is 4.79 Å². The number of hydrogen-bond acceptors (Lipinski definition) is 3. The SMILES string of the molecule is CCNC(C)CC(=O)Nc1cc(OC)c(Br)cc1Br. The van der Waals surface area contributed by atoms with Gasteiger partial charge in [-0.3, -0.25) is 4.79 Å². The van der Waals surface area contributed by atoms with Crippen LogP contribution in [-0.2, 0) is 4.79 Å². The van der Waals surface area contributed by atoms with E-state index >= 15 is 0 Å². The number of halogens is 2. The van der Waals surface area contributed by atoms with Gasteiger partial charge >= 0.3 is 0 Å². The van der Waals surface area contributed by atoms with E-state index in [1.165, 1.54) is 0 Å². The van der Waals surface area contributed by atoms with Gasteiger partial charge in [0.2, 0.25) is 5.91 Å². The van der Waals surface area contributed by atoms with Crippen LogP contribution < -0.4 is 15.4 Å². The predicted molar refractivity (Wildman–Crippen MR) is 84.8 cm³/mol. The molecule has 106 valence electrons. The van der Waals surface area contributed by atoms with E-state index in [1.54, 1.807) is 13.2 Å². The van der Waals surface area contributed by atoms with Crippen molar-refractivity contribution in [2.45, 2.75) is 26.3 Å². The number of carbonyl (C=O) groups excluding carboxylic acids is 1. The Bertz CT molecular complexity index is 453. The van der Waals surface area contributed by atoms with Crippen molar-refractivity contribution in [1.29, 1.82) is 0 Å². The molecular weight excluding hydrogens is 376 g/mol. The highest BCUT2D eigenvalue weighted by Crippen LogP contribution is 2.34. The topological polar surface area (TPSA) is 50.4 Å². The molecule has 2 N–H and O–H groups in total. The van der Waals surface area contributed by atoms with Gasteiger partial charge in [0.25, 0.3) is 0 Å². The van der Waals surface area contributed by atoms with Crippen LogP contribution in [0.4, 0.5) is 5.69 Å². The lowest BCUT2D eigenvalue weighted by Gasteiger charge is -2.14. The molecule has 0 fully saturated rings. The second-order valence-electron chi connectivity index (χ2n) is 4.18. The molecule has 6 heteroatoms. The average Bonchev–Trinajstić information content (AvgIpc) is 2.32. The molecule has 0 saturated carbocycles. The van der Waals surface area contributed by atoms with E-state index < -0.39 is 0 Å². The summed E-state index contributed by atoms with van der Waals surface area (Å²) in [5.74, 6) is 0.650. The molecule has 1 aromatic rings. The lowest BCUT2D eigenvalue weighted by atomic mass is 10.2. The fraction of sp³-hybridized carbons (Fsp3) is 0.462. The number of rotatable bonds is 6. The number of methoxy groups -OCH3 is 1. The zero-order valence-corrected chi connectivity index (χ0v) is 14.4. The first-order chi connectivity index (χ1) is 8.97. The van der Waals surface area contributed by atoms with Crippen LogP contribution in [0.5, 0.6) is 5.75 Å². The number of carbonyl (C=O) groups is 1. The molecule has 1 amide bonds. The summed E-state index contributed by atoms with van der Waals surface area (Å²) in [6, 6.07) is 3.78. The van der Waals surface area contributed by atoms with Gasteiger partial charge in [0.05, 0.1) is 17.3 Å². The average molecular weight is 394 g/mol. The van der Waals surface area contributed by atoms with E-state index in [4.69, 9.17) is 4.74 Å². The van der Waals surface area contributed by atoms with Gasteiger partial charge in [0.15, 0.2) is 0 Å². The van der Waals surface area contributed by atoms with Crippen molar-refractivity contribution in [3.05, 3.63) is 21.1 Å². The summed E-state index contributed by atoms with van der Waals surface area (Å²) in [6.45, 7) is 4.86. The van der Waals surface area contributed by atoms with Crippen molar-refractivity contribution in [2.75, 3.05) is 19.0 Å². The van der Waals surface area contributed by atoms with Gasteiger partial charge in [0.1, 0.15) is 5.75 Å². The molecule has 4 nitrogen and oxygen atoms in total. The van der Waals surface area contributed by atoms with Gasteiger partial charge < -0.3 is 15.4 Å². The molecular formula is C13H18Br2N2O2. The zero-order chi connectivity index (χ0) is 14.4. The first kappa shape index (κ1) is 16.5. The molecule has 0 aliphatic carbocycles. The molecule has 19 heavy (non-hydrogen) atoms. The van der Waals surface area contributed by atoms with Gasteiger partial charge in [-0.05, 0) is 51.4 Å². The zero-order valence-electron chi connectivity index (χ0n) is 11.2. The Morgan fingerprint density at radius 1 is 1.37 bits per heavy atom. The molecule has 1 aromatic carbocycles. The second-order valence-corrected chi connectivity index (χ2v) is 5.89. The highest BCUT2D eigenvalue weighted by atomic mass is 79.9. The molecule has 0 radical (unpaired) electrons. The fourth-order valence-electron chi connectivity index (χ4n) is 1.68. The summed E-state index contributed by atoms with van der Waals surface area (Å²) in [7, 11) is 1.59. The summed E-state index contributed by atoms with van der Waals surface area (Å²) in [4.78, 5) is 11.9. The predicted octanol–water partition coefficient (Wildman–Crippen LogP) is 3.55. The Morgan fingerprint density at radius 3 is 2.63 bits per heavy atom. The van der Waals surface area contributed by atoms with Gasteiger partial charge in [0, 0.05) is 23.0 Å². The van der Waals surface area contributed by atoms with Gasteiger partial charge in [-0.15, -0.1) is 0 Å². The smallest absolute Gasteiger partial charge is 0.225 e. The Hall–Kier alpha value is -0.590. The van der Waals surface area contributed by atoms with Crippen LogP contribution in [0, 0.1) is 0 Å². The van der Waals surface area contributed by atoms with E-state index in [0.717, 1.165) is 15.5 Å². The third kappa shape index (κ3) is 5.12. The van der Waals surface area contributed by atoms with Crippen molar-refractivity contribution in [1.82, 2.24) is 5.32 Å². The number of ether oxygens (including phenoxy) is 1. The monoisotopic (exact) mass is 392 g/mol. The highest BCUT2D eigenvalue weighted by molar-refractivity contribution is 9.11. The third-order valence-corrected chi connectivity index (χ3v) is 3.84. The number of amides is 1. The minimum absolute atomic E-state index is 0.0291. The van der Waals surface area contributed by atoms with Crippen molar-refractivity contribution in [3.63, 3.8) is 0 Å². The molecule has 1 unspecified atom stereocenters. The van der Waals surface area contributed by atoms with Crippen LogP contribution in [0.3, 0.4) is 0 Å². The number of nitrogens with one attached hydrogen (secondary N) is 2. The maximum atomic E-state index is 11.9. The molecule has 0 aliphatic rings. The Kier molecular flexibility index (Phi) is 6.82. The second kappa shape index (κ2) is 7.87. The van der Waals surface area contributed by atoms with E-state index in [1.807, 2.05) is 19.9 Å². The molecule has 1 atom stereocenters. The first-order valence-corrected chi connectivity index (χ1v) is 7.62. The summed E-state index contributed by atoms with van der Waals surface area (Å²) in [6.07, 6.45) is 0.429. The van der Waals surface area contributed by atoms with Crippen molar-refractivity contribution in [2.24, 2.45) is 0 Å². The van der Waals surface area contributed by atoms with E-state index in [2.05, 4.69) is 42.5 Å². The van der Waals surface area contributed by atoms with Crippen LogP contribution >= 0.6 is 31.9 Å². The molecule has 0 spiro atoms. The van der Waals surface area contributed by atoms with Crippen LogP contribution in [0.2, 0.25) is 0 Å². The normalized spacial score (nSPS) is 12.1.